The minimum Gasteiger partial charge on any atom is -0.414 e. The van der Waals surface area contributed by atoms with Crippen LogP contribution < -0.4 is 14.7 Å². The molecule has 0 atom stereocenters. The number of rotatable bonds is 6. The maximum absolute atomic E-state index is 13.5. The average Bonchev–Trinajstić information content (AvgIpc) is 2.61. The Labute approximate surface area is 154 Å². The summed E-state index contributed by atoms with van der Waals surface area (Å²) < 4.78 is 19.4. The molecule has 0 bridgehead atoms. The fraction of sp³-hybridized carbons (Fsp3) is 0.143. The van der Waals surface area contributed by atoms with Crippen LogP contribution in [-0.2, 0) is 4.57 Å². The van der Waals surface area contributed by atoms with Gasteiger partial charge in [-0.2, -0.15) is 0 Å². The zero-order valence-electron chi connectivity index (χ0n) is 15.2. The predicted molar refractivity (Wildman–Crippen MR) is 109 cm³/mol. The summed E-state index contributed by atoms with van der Waals surface area (Å²) in [6.45, 7) is 6.02. The van der Waals surface area contributed by atoms with E-state index in [1.165, 1.54) is 0 Å². The number of hydrogen-bond acceptors (Lipinski definition) is 2. The van der Waals surface area contributed by atoms with E-state index in [0.717, 1.165) is 28.1 Å². The van der Waals surface area contributed by atoms with Crippen molar-refractivity contribution >= 4 is 19.0 Å². The molecule has 0 amide bonds. The molecular weight excluding hydrogens is 343 g/mol. The van der Waals surface area contributed by atoms with Crippen LogP contribution in [0.4, 0.5) is 11.4 Å². The lowest BCUT2D eigenvalue weighted by atomic mass is 10.2. The number of anilines is 2. The van der Waals surface area contributed by atoms with Gasteiger partial charge in [-0.15, -0.1) is 0 Å². The highest BCUT2D eigenvalue weighted by molar-refractivity contribution is 7.62. The molecule has 0 heterocycles. The lowest BCUT2D eigenvalue weighted by Crippen LogP contribution is -2.12. The predicted octanol–water partition coefficient (Wildman–Crippen LogP) is 6.32. The van der Waals surface area contributed by atoms with Crippen LogP contribution in [-0.4, -0.2) is 0 Å². The minimum atomic E-state index is -3.43. The van der Waals surface area contributed by atoms with Crippen LogP contribution in [0, 0.1) is 20.8 Å². The van der Waals surface area contributed by atoms with E-state index in [0.29, 0.717) is 5.75 Å². The lowest BCUT2D eigenvalue weighted by Gasteiger charge is -2.23. The van der Waals surface area contributed by atoms with Gasteiger partial charge >= 0.3 is 7.67 Å². The van der Waals surface area contributed by atoms with Gasteiger partial charge in [0, 0.05) is 11.4 Å². The summed E-state index contributed by atoms with van der Waals surface area (Å²) in [6.07, 6.45) is 0. The maximum Gasteiger partial charge on any atom is 0.444 e. The largest absolute Gasteiger partial charge is 0.444 e. The summed E-state index contributed by atoms with van der Waals surface area (Å²) >= 11 is 0. The first-order valence-electron chi connectivity index (χ1n) is 8.48. The molecule has 0 aliphatic heterocycles. The Kier molecular flexibility index (Phi) is 5.34. The highest BCUT2D eigenvalue weighted by Crippen LogP contribution is 2.47. The van der Waals surface area contributed by atoms with Gasteiger partial charge in [0.1, 0.15) is 5.75 Å². The van der Waals surface area contributed by atoms with Crippen molar-refractivity contribution in [3.8, 4) is 5.75 Å². The van der Waals surface area contributed by atoms with E-state index < -0.39 is 7.67 Å². The van der Waals surface area contributed by atoms with E-state index >= 15 is 0 Å². The number of benzene rings is 3. The standard InChI is InChI=1S/C21H23N2O2P/c1-16-4-10-19(11-5-16)22-26(24,23-20-12-6-17(2)7-13-20)25-21-14-8-18(3)9-15-21/h4-15H,1-3H3,(H2,22,23,24). The summed E-state index contributed by atoms with van der Waals surface area (Å²) in [6, 6.07) is 22.9. The second kappa shape index (κ2) is 7.67. The van der Waals surface area contributed by atoms with E-state index in [1.54, 1.807) is 0 Å². The second-order valence-corrected chi connectivity index (χ2v) is 8.14. The van der Waals surface area contributed by atoms with Crippen molar-refractivity contribution in [2.24, 2.45) is 0 Å². The van der Waals surface area contributed by atoms with Gasteiger partial charge in [0.05, 0.1) is 0 Å². The molecule has 0 saturated carbocycles. The molecule has 2 N–H and O–H groups in total. The van der Waals surface area contributed by atoms with Gasteiger partial charge in [-0.25, -0.2) is 4.57 Å². The molecule has 26 heavy (non-hydrogen) atoms. The van der Waals surface area contributed by atoms with Crippen LogP contribution >= 0.6 is 7.67 Å². The van der Waals surface area contributed by atoms with Gasteiger partial charge < -0.3 is 4.52 Å². The summed E-state index contributed by atoms with van der Waals surface area (Å²) in [5.41, 5.74) is 4.84. The lowest BCUT2D eigenvalue weighted by molar-refractivity contribution is 0.493. The van der Waals surface area contributed by atoms with Crippen molar-refractivity contribution in [2.75, 3.05) is 10.2 Å². The van der Waals surface area contributed by atoms with E-state index in [9.17, 15) is 4.57 Å². The summed E-state index contributed by atoms with van der Waals surface area (Å²) in [5, 5.41) is 6.06. The summed E-state index contributed by atoms with van der Waals surface area (Å²) in [4.78, 5) is 0. The van der Waals surface area contributed by atoms with E-state index in [-0.39, 0.29) is 0 Å². The second-order valence-electron chi connectivity index (χ2n) is 6.41. The Balaban J connectivity index is 1.88. The molecule has 0 fully saturated rings. The normalized spacial score (nSPS) is 11.0. The summed E-state index contributed by atoms with van der Waals surface area (Å²) in [5.74, 6) is 0.540. The molecule has 0 saturated heterocycles. The van der Waals surface area contributed by atoms with Gasteiger partial charge in [0.2, 0.25) is 0 Å². The van der Waals surface area contributed by atoms with Crippen LogP contribution in [0.25, 0.3) is 0 Å². The Morgan fingerprint density at radius 3 is 1.35 bits per heavy atom. The molecule has 0 aromatic heterocycles. The molecule has 134 valence electrons. The van der Waals surface area contributed by atoms with Crippen LogP contribution in [0.3, 0.4) is 0 Å². The van der Waals surface area contributed by atoms with Crippen molar-refractivity contribution in [1.29, 1.82) is 0 Å². The quantitative estimate of drug-likeness (QED) is 0.501. The van der Waals surface area contributed by atoms with E-state index in [2.05, 4.69) is 10.2 Å². The zero-order chi connectivity index (χ0) is 18.6. The van der Waals surface area contributed by atoms with Crippen LogP contribution in [0.15, 0.2) is 72.8 Å². The Hall–Kier alpha value is -2.71. The van der Waals surface area contributed by atoms with E-state index in [1.807, 2.05) is 93.6 Å². The van der Waals surface area contributed by atoms with Crippen molar-refractivity contribution in [1.82, 2.24) is 0 Å². The first-order valence-corrected chi connectivity index (χ1v) is 10.1. The number of aryl methyl sites for hydroxylation is 3. The number of hydrogen-bond donors (Lipinski definition) is 2. The van der Waals surface area contributed by atoms with Gasteiger partial charge in [-0.3, -0.25) is 10.2 Å². The SMILES string of the molecule is Cc1ccc(NP(=O)(Nc2ccc(C)cc2)Oc2ccc(C)cc2)cc1. The van der Waals surface area contributed by atoms with Crippen LogP contribution in [0.5, 0.6) is 5.75 Å². The third-order valence-electron chi connectivity index (χ3n) is 3.91. The van der Waals surface area contributed by atoms with E-state index in [4.69, 9.17) is 4.52 Å². The molecule has 3 aromatic carbocycles. The van der Waals surface area contributed by atoms with Gasteiger partial charge in [0.25, 0.3) is 0 Å². The maximum atomic E-state index is 13.5. The molecule has 0 spiro atoms. The Morgan fingerprint density at radius 2 is 0.962 bits per heavy atom. The molecule has 3 aromatic rings. The van der Waals surface area contributed by atoms with Crippen LogP contribution in [0.1, 0.15) is 16.7 Å². The van der Waals surface area contributed by atoms with Gasteiger partial charge in [-0.05, 0) is 57.2 Å². The molecule has 5 heteroatoms. The van der Waals surface area contributed by atoms with Gasteiger partial charge in [-0.1, -0.05) is 53.1 Å². The Morgan fingerprint density at radius 1 is 0.615 bits per heavy atom. The highest BCUT2D eigenvalue weighted by atomic mass is 31.2. The third-order valence-corrected chi connectivity index (χ3v) is 5.48. The molecule has 0 radical (unpaired) electrons. The molecule has 0 aliphatic rings. The first kappa shape index (κ1) is 18.1. The average molecular weight is 366 g/mol. The van der Waals surface area contributed by atoms with Crippen molar-refractivity contribution in [2.45, 2.75) is 20.8 Å². The third kappa shape index (κ3) is 4.90. The Bertz CT molecular complexity index is 782. The van der Waals surface area contributed by atoms with Crippen LogP contribution in [0.2, 0.25) is 0 Å². The number of nitrogens with one attached hydrogen (secondary N) is 2. The fourth-order valence-electron chi connectivity index (χ4n) is 2.42. The monoisotopic (exact) mass is 366 g/mol. The zero-order valence-corrected chi connectivity index (χ0v) is 16.1. The molecular formula is C21H23N2O2P. The topological polar surface area (TPSA) is 50.4 Å². The van der Waals surface area contributed by atoms with Gasteiger partial charge in [0.15, 0.2) is 0 Å². The smallest absolute Gasteiger partial charge is 0.414 e. The highest BCUT2D eigenvalue weighted by Gasteiger charge is 2.25. The minimum absolute atomic E-state index is 0.540. The first-order chi connectivity index (χ1) is 12.4. The van der Waals surface area contributed by atoms with Crippen molar-refractivity contribution < 1.29 is 9.09 Å². The fourth-order valence-corrected chi connectivity index (χ4v) is 3.96. The van der Waals surface area contributed by atoms with Crippen molar-refractivity contribution in [3.05, 3.63) is 89.5 Å². The summed E-state index contributed by atoms with van der Waals surface area (Å²) in [7, 11) is -3.43. The molecule has 0 unspecified atom stereocenters. The molecule has 0 aliphatic carbocycles. The van der Waals surface area contributed by atoms with Crippen molar-refractivity contribution in [3.63, 3.8) is 0 Å². The molecule has 3 rings (SSSR count). The molecule has 4 nitrogen and oxygen atoms in total.